The summed E-state index contributed by atoms with van der Waals surface area (Å²) >= 11 is 1.39. The second-order valence-electron chi connectivity index (χ2n) is 5.65. The molecule has 3 rings (SSSR count). The highest BCUT2D eigenvalue weighted by molar-refractivity contribution is 7.14. The Bertz CT molecular complexity index is 905. The maximum Gasteiger partial charge on any atom is 0.325 e. The molecule has 0 atom stereocenters. The van der Waals surface area contributed by atoms with Crippen LogP contribution < -0.4 is 15.4 Å². The molecule has 2 N–H and O–H groups in total. The van der Waals surface area contributed by atoms with Crippen molar-refractivity contribution >= 4 is 28.2 Å². The van der Waals surface area contributed by atoms with Gasteiger partial charge in [-0.1, -0.05) is 18.2 Å². The number of ether oxygens (including phenoxy) is 1. The molecule has 5 nitrogen and oxygen atoms in total. The van der Waals surface area contributed by atoms with E-state index in [9.17, 15) is 4.79 Å². The van der Waals surface area contributed by atoms with Gasteiger partial charge in [0.25, 0.3) is 0 Å². The largest absolute Gasteiger partial charge is 0.497 e. The van der Waals surface area contributed by atoms with Gasteiger partial charge in [-0.3, -0.25) is 5.32 Å². The van der Waals surface area contributed by atoms with E-state index in [0.29, 0.717) is 16.6 Å². The number of aromatic nitrogens is 1. The van der Waals surface area contributed by atoms with E-state index in [0.717, 1.165) is 11.3 Å². The number of aryl methyl sites for hydroxylation is 2. The molecule has 0 saturated heterocycles. The number of anilines is 2. The fraction of sp³-hybridized carbons (Fsp3) is 0.158. The van der Waals surface area contributed by atoms with Gasteiger partial charge < -0.3 is 10.1 Å². The van der Waals surface area contributed by atoms with Crippen LogP contribution in [0.4, 0.5) is 15.6 Å². The second-order valence-corrected chi connectivity index (χ2v) is 6.51. The molecule has 0 unspecified atom stereocenters. The van der Waals surface area contributed by atoms with E-state index in [1.54, 1.807) is 19.2 Å². The number of urea groups is 1. The first-order valence-electron chi connectivity index (χ1n) is 7.80. The first kappa shape index (κ1) is 17.0. The Balaban J connectivity index is 1.68. The molecule has 2 aromatic carbocycles. The van der Waals surface area contributed by atoms with Gasteiger partial charge in [0.1, 0.15) is 5.75 Å². The van der Waals surface area contributed by atoms with Gasteiger partial charge in [-0.2, -0.15) is 0 Å². The van der Waals surface area contributed by atoms with E-state index in [1.807, 2.05) is 23.6 Å². The Morgan fingerprint density at radius 2 is 1.92 bits per heavy atom. The minimum atomic E-state index is -0.339. The number of carbonyl (C=O) groups is 1. The average Bonchev–Trinajstić information content (AvgIpc) is 3.05. The van der Waals surface area contributed by atoms with Gasteiger partial charge in [0.2, 0.25) is 0 Å². The van der Waals surface area contributed by atoms with Crippen LogP contribution in [-0.2, 0) is 0 Å². The molecule has 1 aromatic heterocycles. The Hall–Kier alpha value is -2.86. The highest BCUT2D eigenvalue weighted by Gasteiger charge is 2.09. The second kappa shape index (κ2) is 7.36. The maximum atomic E-state index is 12.1. The van der Waals surface area contributed by atoms with E-state index in [-0.39, 0.29) is 6.03 Å². The van der Waals surface area contributed by atoms with E-state index in [4.69, 9.17) is 4.74 Å². The van der Waals surface area contributed by atoms with Crippen LogP contribution >= 0.6 is 11.3 Å². The summed E-state index contributed by atoms with van der Waals surface area (Å²) in [5.41, 5.74) is 5.01. The molecule has 0 aliphatic heterocycles. The van der Waals surface area contributed by atoms with Crippen molar-refractivity contribution in [3.05, 3.63) is 59.0 Å². The molecule has 128 valence electrons. The van der Waals surface area contributed by atoms with Gasteiger partial charge in [-0.15, -0.1) is 11.3 Å². The number of hydrogen-bond donors (Lipinski definition) is 2. The summed E-state index contributed by atoms with van der Waals surface area (Å²) in [4.78, 5) is 16.6. The third kappa shape index (κ3) is 4.16. The van der Waals surface area contributed by atoms with Crippen LogP contribution in [0.5, 0.6) is 5.75 Å². The molecule has 0 aliphatic rings. The van der Waals surface area contributed by atoms with E-state index < -0.39 is 0 Å². The van der Waals surface area contributed by atoms with Crippen LogP contribution in [0, 0.1) is 13.8 Å². The van der Waals surface area contributed by atoms with Gasteiger partial charge in [0, 0.05) is 22.7 Å². The van der Waals surface area contributed by atoms with E-state index in [1.165, 1.54) is 22.5 Å². The number of carbonyl (C=O) groups excluding carboxylic acids is 1. The number of benzene rings is 2. The summed E-state index contributed by atoms with van der Waals surface area (Å²) in [6.45, 7) is 4.15. The third-order valence-electron chi connectivity index (χ3n) is 3.85. The van der Waals surface area contributed by atoms with Crippen molar-refractivity contribution in [3.8, 4) is 17.0 Å². The number of rotatable bonds is 4. The van der Waals surface area contributed by atoms with Crippen LogP contribution in [0.3, 0.4) is 0 Å². The highest BCUT2D eigenvalue weighted by atomic mass is 32.1. The zero-order chi connectivity index (χ0) is 17.8. The predicted octanol–water partition coefficient (Wildman–Crippen LogP) is 5.08. The lowest BCUT2D eigenvalue weighted by molar-refractivity contribution is 0.262. The minimum Gasteiger partial charge on any atom is -0.497 e. The molecular formula is C19H19N3O2S. The lowest BCUT2D eigenvalue weighted by Crippen LogP contribution is -2.19. The summed E-state index contributed by atoms with van der Waals surface area (Å²) < 4.78 is 5.14. The van der Waals surface area contributed by atoms with E-state index in [2.05, 4.69) is 41.6 Å². The molecule has 3 aromatic rings. The molecular weight excluding hydrogens is 334 g/mol. The van der Waals surface area contributed by atoms with Crippen LogP contribution in [0.25, 0.3) is 11.3 Å². The molecule has 2 amide bonds. The first-order chi connectivity index (χ1) is 12.0. The van der Waals surface area contributed by atoms with Crippen LogP contribution in [-0.4, -0.2) is 18.1 Å². The van der Waals surface area contributed by atoms with Gasteiger partial charge in [0.15, 0.2) is 5.13 Å². The van der Waals surface area contributed by atoms with E-state index >= 15 is 0 Å². The molecule has 1 heterocycles. The highest BCUT2D eigenvalue weighted by Crippen LogP contribution is 2.26. The molecule has 0 spiro atoms. The minimum absolute atomic E-state index is 0.339. The Labute approximate surface area is 150 Å². The number of hydrogen-bond acceptors (Lipinski definition) is 4. The Morgan fingerprint density at radius 1 is 1.08 bits per heavy atom. The van der Waals surface area contributed by atoms with Gasteiger partial charge >= 0.3 is 6.03 Å². The summed E-state index contributed by atoms with van der Waals surface area (Å²) in [5, 5.41) is 8.01. The SMILES string of the molecule is COc1cccc(NC(=O)Nc2nc(-c3ccc(C)c(C)c3)cs2)c1. The molecule has 0 aliphatic carbocycles. The lowest BCUT2D eigenvalue weighted by atomic mass is 10.1. The number of nitrogens with one attached hydrogen (secondary N) is 2. The summed E-state index contributed by atoms with van der Waals surface area (Å²) in [5.74, 6) is 0.684. The molecule has 0 saturated carbocycles. The Kier molecular flexibility index (Phi) is 5.00. The number of nitrogens with zero attached hydrogens (tertiary/aromatic N) is 1. The number of methoxy groups -OCH3 is 1. The van der Waals surface area contributed by atoms with Crippen LogP contribution in [0.1, 0.15) is 11.1 Å². The standard InChI is InChI=1S/C19H19N3O2S/c1-12-7-8-14(9-13(12)2)17-11-25-19(21-17)22-18(23)20-15-5-4-6-16(10-15)24-3/h4-11H,1-3H3,(H2,20,21,22,23). The molecule has 0 bridgehead atoms. The van der Waals surface area contributed by atoms with Crippen molar-refractivity contribution in [2.75, 3.05) is 17.7 Å². The van der Waals surface area contributed by atoms with Crippen molar-refractivity contribution in [1.29, 1.82) is 0 Å². The monoisotopic (exact) mass is 353 g/mol. The zero-order valence-electron chi connectivity index (χ0n) is 14.3. The lowest BCUT2D eigenvalue weighted by Gasteiger charge is -2.07. The van der Waals surface area contributed by atoms with Crippen molar-refractivity contribution in [2.24, 2.45) is 0 Å². The smallest absolute Gasteiger partial charge is 0.325 e. The summed E-state index contributed by atoms with van der Waals surface area (Å²) in [6.07, 6.45) is 0. The first-order valence-corrected chi connectivity index (χ1v) is 8.68. The van der Waals surface area contributed by atoms with Gasteiger partial charge in [-0.05, 0) is 43.2 Å². The molecule has 6 heteroatoms. The van der Waals surface area contributed by atoms with Crippen LogP contribution in [0.15, 0.2) is 47.8 Å². The predicted molar refractivity (Wildman–Crippen MR) is 103 cm³/mol. The zero-order valence-corrected chi connectivity index (χ0v) is 15.1. The summed E-state index contributed by atoms with van der Waals surface area (Å²) in [7, 11) is 1.59. The molecule has 25 heavy (non-hydrogen) atoms. The van der Waals surface area contributed by atoms with Gasteiger partial charge in [-0.25, -0.2) is 9.78 Å². The van der Waals surface area contributed by atoms with Gasteiger partial charge in [0.05, 0.1) is 12.8 Å². The van der Waals surface area contributed by atoms with Crippen LogP contribution in [0.2, 0.25) is 0 Å². The topological polar surface area (TPSA) is 63.2 Å². The number of amides is 2. The maximum absolute atomic E-state index is 12.1. The summed E-state index contributed by atoms with van der Waals surface area (Å²) in [6, 6.07) is 13.1. The van der Waals surface area contributed by atoms with Crippen molar-refractivity contribution in [3.63, 3.8) is 0 Å². The fourth-order valence-electron chi connectivity index (χ4n) is 2.32. The van der Waals surface area contributed by atoms with Crippen molar-refractivity contribution in [2.45, 2.75) is 13.8 Å². The number of thiazole rings is 1. The Morgan fingerprint density at radius 3 is 2.68 bits per heavy atom. The molecule has 0 radical (unpaired) electrons. The third-order valence-corrected chi connectivity index (χ3v) is 4.61. The van der Waals surface area contributed by atoms with Crippen molar-refractivity contribution < 1.29 is 9.53 Å². The quantitative estimate of drug-likeness (QED) is 0.687. The normalized spacial score (nSPS) is 10.4. The molecule has 0 fully saturated rings. The average molecular weight is 353 g/mol. The fourth-order valence-corrected chi connectivity index (χ4v) is 3.04. The van der Waals surface area contributed by atoms with Crippen molar-refractivity contribution in [1.82, 2.24) is 4.98 Å².